The van der Waals surface area contributed by atoms with Crippen LogP contribution in [0, 0.1) is 17.2 Å². The van der Waals surface area contributed by atoms with Gasteiger partial charge in [-0.2, -0.15) is 0 Å². The summed E-state index contributed by atoms with van der Waals surface area (Å²) in [5, 5.41) is 0.700. The summed E-state index contributed by atoms with van der Waals surface area (Å²) < 4.78 is 72.4. The molecule has 1 unspecified atom stereocenters. The van der Waals surface area contributed by atoms with Gasteiger partial charge in [0.2, 0.25) is 0 Å². The van der Waals surface area contributed by atoms with E-state index in [1.807, 2.05) is 0 Å². The quantitative estimate of drug-likeness (QED) is 0.619. The van der Waals surface area contributed by atoms with Gasteiger partial charge in [-0.25, -0.2) is 18.6 Å². The summed E-state index contributed by atoms with van der Waals surface area (Å²) in [7, 11) is -6.65. The molecule has 0 aliphatic rings. The lowest BCUT2D eigenvalue weighted by atomic mass is 10.2. The van der Waals surface area contributed by atoms with Crippen LogP contribution in [0.15, 0.2) is 30.3 Å². The minimum Gasteiger partial charge on any atom is -0.222 e. The molecule has 106 valence electrons. The van der Waals surface area contributed by atoms with Crippen molar-refractivity contribution in [2.75, 3.05) is 0 Å². The highest BCUT2D eigenvalue weighted by molar-refractivity contribution is 7.38. The number of rotatable bonds is 0. The fraction of sp³-hybridized carbons (Fsp3) is 0.200. The van der Waals surface area contributed by atoms with Crippen molar-refractivity contribution in [2.24, 2.45) is 0 Å². The van der Waals surface area contributed by atoms with Crippen LogP contribution in [0.3, 0.4) is 0 Å². The van der Waals surface area contributed by atoms with Crippen molar-refractivity contribution in [1.29, 1.82) is 0 Å². The van der Waals surface area contributed by atoms with Gasteiger partial charge in [-0.1, -0.05) is 12.1 Å². The number of hydrogen-bond acceptors (Lipinski definition) is 4. The predicted octanol–water partition coefficient (Wildman–Crippen LogP) is -0.382. The lowest BCUT2D eigenvalue weighted by Gasteiger charge is -2.17. The number of hydrogen-bond donors (Lipinski definition) is 0. The third-order valence-corrected chi connectivity index (χ3v) is 4.09. The summed E-state index contributed by atoms with van der Waals surface area (Å²) in [4.78, 5) is 0.402. The van der Waals surface area contributed by atoms with Crippen LogP contribution >= 0.6 is 10.5 Å². The first kappa shape index (κ1) is 16.2. The van der Waals surface area contributed by atoms with Crippen LogP contribution in [0.25, 0.3) is 10.1 Å². The Kier molecular flexibility index (Phi) is 4.77. The molecule has 19 heavy (non-hydrogen) atoms. The van der Waals surface area contributed by atoms with Crippen molar-refractivity contribution in [3.05, 3.63) is 35.2 Å². The van der Waals surface area contributed by atoms with E-state index in [2.05, 4.69) is 0 Å². The van der Waals surface area contributed by atoms with E-state index in [1.54, 1.807) is 30.3 Å². The molecule has 1 heterocycles. The molecule has 9 heteroatoms. The molecular weight excluding hydrogens is 309 g/mol. The number of benzene rings is 1. The topological polar surface area (TPSA) is 92.2 Å². The second-order valence-electron chi connectivity index (χ2n) is 3.42. The van der Waals surface area contributed by atoms with Gasteiger partial charge in [0, 0.05) is 18.4 Å². The van der Waals surface area contributed by atoms with E-state index >= 15 is 0 Å². The van der Waals surface area contributed by atoms with Crippen molar-refractivity contribution in [2.45, 2.75) is 12.4 Å². The van der Waals surface area contributed by atoms with Gasteiger partial charge < -0.3 is 0 Å². The molecule has 0 saturated carbocycles. The molecule has 1 atom stereocenters. The van der Waals surface area contributed by atoms with E-state index in [-0.39, 0.29) is 0 Å². The Bertz CT molecular complexity index is 556. The smallest absolute Gasteiger partial charge is 0.222 e. The highest BCUT2D eigenvalue weighted by atomic mass is 35.7. The maximum Gasteiger partial charge on any atom is 0.600 e. The Morgan fingerprint density at radius 1 is 1.05 bits per heavy atom. The molecule has 0 spiro atoms. The van der Waals surface area contributed by atoms with Crippen LogP contribution in [0.1, 0.15) is 4.88 Å². The van der Waals surface area contributed by atoms with Gasteiger partial charge in [-0.15, -0.1) is 23.4 Å². The molecule has 2 rings (SSSR count). The van der Waals surface area contributed by atoms with Gasteiger partial charge in [-0.3, -0.25) is 0 Å². The zero-order valence-electron chi connectivity index (χ0n) is 9.44. The fourth-order valence-electron chi connectivity index (χ4n) is 1.54. The zero-order valence-corrected chi connectivity index (χ0v) is 11.0. The monoisotopic (exact) mass is 316 g/mol. The maximum absolute atomic E-state index is 12.7. The summed E-state index contributed by atoms with van der Waals surface area (Å²) in [6.07, 6.45) is 0. The molecule has 0 saturated heterocycles. The molecule has 4 nitrogen and oxygen atoms in total. The standard InChI is InChI=1S/C10H8F3S.ClHO4/c1-7-6-8-4-2-3-5-9(8)14(7)10(11,12)13;2-1(3,4)5/h2-6H,1H3;(H,2,3,4,5)/q+1;/p-1. The minimum atomic E-state index is -4.94. The fourth-order valence-corrected chi connectivity index (χ4v) is 3.33. The first-order valence-corrected chi connectivity index (χ1v) is 7.16. The van der Waals surface area contributed by atoms with Crippen molar-refractivity contribution >= 4 is 20.6 Å². The second kappa shape index (κ2) is 5.61. The minimum absolute atomic E-state index is 0.400. The Balaban J connectivity index is 0.000000312. The Morgan fingerprint density at radius 3 is 2.00 bits per heavy atom. The Morgan fingerprint density at radius 2 is 1.53 bits per heavy atom. The molecular formula is C10H8ClF3O4S. The van der Waals surface area contributed by atoms with E-state index in [1.165, 1.54) is 6.92 Å². The third kappa shape index (κ3) is 4.94. The summed E-state index contributed by atoms with van der Waals surface area (Å²) in [6, 6.07) is 8.30. The van der Waals surface area contributed by atoms with Crippen molar-refractivity contribution in [1.82, 2.24) is 0 Å². The van der Waals surface area contributed by atoms with Crippen LogP contribution in [0.2, 0.25) is 0 Å². The predicted molar refractivity (Wildman–Crippen MR) is 52.5 cm³/mol. The lowest BCUT2D eigenvalue weighted by molar-refractivity contribution is -2.00. The molecule has 0 aliphatic carbocycles. The number of halogens is 4. The first-order chi connectivity index (χ1) is 8.50. The number of alkyl halides is 3. The van der Waals surface area contributed by atoms with Crippen molar-refractivity contribution < 1.29 is 42.1 Å². The normalized spacial score (nSPS) is 13.2. The van der Waals surface area contributed by atoms with E-state index in [0.29, 0.717) is 15.0 Å². The molecule has 0 fully saturated rings. The van der Waals surface area contributed by atoms with Gasteiger partial charge in [0.1, 0.15) is 0 Å². The van der Waals surface area contributed by atoms with Gasteiger partial charge >= 0.3 is 5.51 Å². The van der Waals surface area contributed by atoms with Crippen molar-refractivity contribution in [3.63, 3.8) is 0 Å². The molecule has 1 aromatic heterocycles. The van der Waals surface area contributed by atoms with Crippen LogP contribution in [-0.2, 0) is 5.51 Å². The molecule has 2 aromatic rings. The van der Waals surface area contributed by atoms with Crippen molar-refractivity contribution in [3.8, 4) is 0 Å². The number of thiophene rings is 1. The van der Waals surface area contributed by atoms with Gasteiger partial charge in [0.25, 0.3) is 0 Å². The highest BCUT2D eigenvalue weighted by Crippen LogP contribution is 2.50. The first-order valence-electron chi connectivity index (χ1n) is 4.70. The zero-order chi connectivity index (χ0) is 14.8. The van der Waals surface area contributed by atoms with Crippen LogP contribution < -0.4 is 18.6 Å². The third-order valence-electron chi connectivity index (χ3n) is 2.05. The van der Waals surface area contributed by atoms with Crippen LogP contribution in [0.5, 0.6) is 0 Å². The van der Waals surface area contributed by atoms with Crippen LogP contribution in [0.4, 0.5) is 13.2 Å². The van der Waals surface area contributed by atoms with E-state index in [0.717, 1.165) is 0 Å². The number of fused-ring (bicyclic) bond motifs is 1. The second-order valence-corrected chi connectivity index (χ2v) is 6.34. The Labute approximate surface area is 111 Å². The molecule has 0 amide bonds. The summed E-state index contributed by atoms with van der Waals surface area (Å²) in [6.45, 7) is 1.54. The molecule has 0 aliphatic heterocycles. The Hall–Kier alpha value is -0.900. The largest absolute Gasteiger partial charge is 0.600 e. The van der Waals surface area contributed by atoms with Gasteiger partial charge in [-0.05, 0) is 12.1 Å². The average Bonchev–Trinajstić information content (AvgIpc) is 2.49. The SMILES string of the molecule is Cc1cc2ccccc2[s+]1C(F)(F)F.[O-][Cl+3]([O-])([O-])[O-]. The van der Waals surface area contributed by atoms with E-state index in [9.17, 15) is 13.2 Å². The van der Waals surface area contributed by atoms with Crippen LogP contribution in [-0.4, -0.2) is 0 Å². The lowest BCUT2D eigenvalue weighted by Crippen LogP contribution is -2.68. The average molecular weight is 317 g/mol. The van der Waals surface area contributed by atoms with E-state index < -0.39 is 26.2 Å². The molecule has 0 radical (unpaired) electrons. The summed E-state index contributed by atoms with van der Waals surface area (Å²) in [5.74, 6) is 0. The van der Waals surface area contributed by atoms with E-state index in [4.69, 9.17) is 18.6 Å². The highest BCUT2D eigenvalue weighted by Gasteiger charge is 2.46. The molecule has 1 aromatic carbocycles. The molecule has 0 N–H and O–H groups in total. The maximum atomic E-state index is 12.7. The summed E-state index contributed by atoms with van der Waals surface area (Å²) >= 11 is 0. The number of aryl methyl sites for hydroxylation is 1. The van der Waals surface area contributed by atoms with Gasteiger partial charge in [0.15, 0.2) is 9.58 Å². The summed E-state index contributed by atoms with van der Waals surface area (Å²) in [5.41, 5.74) is -4.15. The molecule has 0 bridgehead atoms. The van der Waals surface area contributed by atoms with Gasteiger partial charge in [0.05, 0.1) is 10.5 Å².